The average molecular weight is 292 g/mol. The van der Waals surface area contributed by atoms with Crippen molar-refractivity contribution in [1.29, 1.82) is 0 Å². The minimum absolute atomic E-state index is 0.170. The topological polar surface area (TPSA) is 34.1 Å². The van der Waals surface area contributed by atoms with E-state index in [2.05, 4.69) is 0 Å². The average Bonchev–Trinajstić information content (AvgIpc) is 2.31. The Hall–Kier alpha value is -1.72. The lowest BCUT2D eigenvalue weighted by atomic mass is 9.87. The van der Waals surface area contributed by atoms with E-state index in [1.807, 2.05) is 20.8 Å². The molecule has 0 aliphatic carbocycles. The first-order valence-corrected chi connectivity index (χ1v) is 5.76. The molecule has 2 nitrogen and oxygen atoms in total. The number of ketones is 1. The molecule has 0 bridgehead atoms. The Labute approximate surface area is 114 Å². The van der Waals surface area contributed by atoms with E-state index < -0.39 is 12.5 Å². The molecule has 1 aromatic rings. The van der Waals surface area contributed by atoms with Crippen LogP contribution in [0.25, 0.3) is 0 Å². The van der Waals surface area contributed by atoms with Gasteiger partial charge in [-0.25, -0.2) is 4.39 Å². The van der Waals surface area contributed by atoms with Crippen molar-refractivity contribution >= 4 is 12.1 Å². The van der Waals surface area contributed by atoms with Gasteiger partial charge in [0.05, 0.1) is 0 Å². The van der Waals surface area contributed by atoms with Gasteiger partial charge in [-0.15, -0.1) is 0 Å². The summed E-state index contributed by atoms with van der Waals surface area (Å²) in [6.07, 6.45) is -5.32. The van der Waals surface area contributed by atoms with Crippen LogP contribution >= 0.6 is 0 Å². The Balaban J connectivity index is 0.000000511. The Bertz CT molecular complexity index is 442. The van der Waals surface area contributed by atoms with Crippen LogP contribution in [-0.4, -0.2) is 18.2 Å². The Morgan fingerprint density at radius 1 is 1.10 bits per heavy atom. The Morgan fingerprint density at radius 3 is 1.80 bits per heavy atom. The molecule has 0 amide bonds. The standard InChI is InChI=1S/C12H15FO.C2HF3O/c1-12(2,3)11(14)8-9-4-6-10(13)7-5-9;3-2(4,5)1-6/h4-7H,8H2,1-3H3;1H. The minimum Gasteiger partial charge on any atom is -0.299 e. The van der Waals surface area contributed by atoms with Crippen molar-refractivity contribution < 1.29 is 27.2 Å². The van der Waals surface area contributed by atoms with Gasteiger partial charge in [0.2, 0.25) is 6.29 Å². The molecule has 0 heterocycles. The normalized spacial score (nSPS) is 11.3. The summed E-state index contributed by atoms with van der Waals surface area (Å²) in [6, 6.07) is 6.06. The third-order valence-electron chi connectivity index (χ3n) is 2.25. The lowest BCUT2D eigenvalue weighted by molar-refractivity contribution is -0.156. The third-order valence-corrected chi connectivity index (χ3v) is 2.25. The van der Waals surface area contributed by atoms with E-state index in [0.717, 1.165) is 5.56 Å². The maximum Gasteiger partial charge on any atom is 0.446 e. The second-order valence-corrected chi connectivity index (χ2v) is 5.14. The fourth-order valence-electron chi connectivity index (χ4n) is 1.05. The van der Waals surface area contributed by atoms with Crippen LogP contribution in [0.1, 0.15) is 26.3 Å². The summed E-state index contributed by atoms with van der Waals surface area (Å²) in [6.45, 7) is 5.66. The number of benzene rings is 1. The number of rotatable bonds is 2. The van der Waals surface area contributed by atoms with Crippen molar-refractivity contribution in [3.05, 3.63) is 35.6 Å². The molecule has 0 saturated carbocycles. The van der Waals surface area contributed by atoms with E-state index in [1.54, 1.807) is 12.1 Å². The van der Waals surface area contributed by atoms with E-state index in [1.165, 1.54) is 12.1 Å². The van der Waals surface area contributed by atoms with Gasteiger partial charge in [0.1, 0.15) is 11.6 Å². The molecule has 0 N–H and O–H groups in total. The molecule has 6 heteroatoms. The molecule has 0 atom stereocenters. The Morgan fingerprint density at radius 2 is 1.50 bits per heavy atom. The zero-order chi connectivity index (χ0) is 16.0. The number of aldehydes is 1. The second kappa shape index (κ2) is 7.17. The van der Waals surface area contributed by atoms with Crippen molar-refractivity contribution in [3.8, 4) is 0 Å². The third kappa shape index (κ3) is 8.39. The SMILES string of the molecule is CC(C)(C)C(=O)Cc1ccc(F)cc1.O=CC(F)(F)F. The molecular weight excluding hydrogens is 276 g/mol. The van der Waals surface area contributed by atoms with Gasteiger partial charge in [-0.1, -0.05) is 32.9 Å². The number of alkyl halides is 3. The molecule has 1 rings (SSSR count). The van der Waals surface area contributed by atoms with E-state index in [0.29, 0.717) is 6.42 Å². The van der Waals surface area contributed by atoms with E-state index in [-0.39, 0.29) is 17.0 Å². The number of carbonyl (C=O) groups is 2. The highest BCUT2D eigenvalue weighted by Gasteiger charge is 2.24. The van der Waals surface area contributed by atoms with Crippen molar-refractivity contribution in [2.75, 3.05) is 0 Å². The van der Waals surface area contributed by atoms with Crippen LogP contribution in [0.3, 0.4) is 0 Å². The zero-order valence-corrected chi connectivity index (χ0v) is 11.4. The first-order valence-electron chi connectivity index (χ1n) is 5.76. The number of hydrogen-bond acceptors (Lipinski definition) is 2. The van der Waals surface area contributed by atoms with Crippen LogP contribution in [0.4, 0.5) is 17.6 Å². The van der Waals surface area contributed by atoms with Gasteiger partial charge in [-0.2, -0.15) is 13.2 Å². The maximum atomic E-state index is 12.6. The molecule has 0 saturated heterocycles. The van der Waals surface area contributed by atoms with Crippen LogP contribution in [-0.2, 0) is 16.0 Å². The van der Waals surface area contributed by atoms with Gasteiger partial charge in [-0.05, 0) is 17.7 Å². The quantitative estimate of drug-likeness (QED) is 0.615. The molecule has 0 aliphatic heterocycles. The minimum atomic E-state index is -4.64. The highest BCUT2D eigenvalue weighted by atomic mass is 19.4. The molecular formula is C14H16F4O2. The van der Waals surface area contributed by atoms with Gasteiger partial charge < -0.3 is 0 Å². The monoisotopic (exact) mass is 292 g/mol. The van der Waals surface area contributed by atoms with Crippen molar-refractivity contribution in [1.82, 2.24) is 0 Å². The zero-order valence-electron chi connectivity index (χ0n) is 11.4. The van der Waals surface area contributed by atoms with Gasteiger partial charge in [0, 0.05) is 11.8 Å². The first-order chi connectivity index (χ1) is 8.95. The van der Waals surface area contributed by atoms with Crippen LogP contribution in [0, 0.1) is 11.2 Å². The van der Waals surface area contributed by atoms with E-state index >= 15 is 0 Å². The van der Waals surface area contributed by atoms with E-state index in [9.17, 15) is 22.4 Å². The van der Waals surface area contributed by atoms with Crippen LogP contribution < -0.4 is 0 Å². The van der Waals surface area contributed by atoms with Gasteiger partial charge >= 0.3 is 6.18 Å². The molecule has 0 aromatic heterocycles. The van der Waals surface area contributed by atoms with Gasteiger partial charge in [0.15, 0.2) is 0 Å². The summed E-state index contributed by atoms with van der Waals surface area (Å²) in [4.78, 5) is 20.3. The second-order valence-electron chi connectivity index (χ2n) is 5.14. The lowest BCUT2D eigenvalue weighted by Gasteiger charge is -2.16. The van der Waals surface area contributed by atoms with Crippen LogP contribution in [0.15, 0.2) is 24.3 Å². The summed E-state index contributed by atoms with van der Waals surface area (Å²) in [5.41, 5.74) is 0.542. The van der Waals surface area contributed by atoms with Crippen LogP contribution in [0.2, 0.25) is 0 Å². The fourth-order valence-corrected chi connectivity index (χ4v) is 1.05. The highest BCUT2D eigenvalue weighted by Crippen LogP contribution is 2.17. The summed E-state index contributed by atoms with van der Waals surface area (Å²) in [5.74, 6) is -0.0962. The smallest absolute Gasteiger partial charge is 0.299 e. The first kappa shape index (κ1) is 18.3. The van der Waals surface area contributed by atoms with Gasteiger partial charge in [-0.3, -0.25) is 9.59 Å². The summed E-state index contributed by atoms with van der Waals surface area (Å²) in [5, 5.41) is 0. The molecule has 0 aliphatic rings. The Kier molecular flexibility index (Phi) is 6.55. The number of carbonyl (C=O) groups excluding carboxylic acids is 2. The number of Topliss-reactive ketones (excluding diaryl/α,β-unsaturated/α-hetero) is 1. The predicted octanol–water partition coefficient (Wildman–Crippen LogP) is 3.73. The molecule has 0 radical (unpaired) electrons. The predicted molar refractivity (Wildman–Crippen MR) is 66.7 cm³/mol. The van der Waals surface area contributed by atoms with Crippen molar-refractivity contribution in [2.24, 2.45) is 5.41 Å². The van der Waals surface area contributed by atoms with Crippen molar-refractivity contribution in [3.63, 3.8) is 0 Å². The maximum absolute atomic E-state index is 12.6. The van der Waals surface area contributed by atoms with Crippen molar-refractivity contribution in [2.45, 2.75) is 33.4 Å². The van der Waals surface area contributed by atoms with Gasteiger partial charge in [0.25, 0.3) is 0 Å². The summed E-state index contributed by atoms with van der Waals surface area (Å²) < 4.78 is 43.8. The van der Waals surface area contributed by atoms with Crippen LogP contribution in [0.5, 0.6) is 0 Å². The number of halogens is 4. The molecule has 0 fully saturated rings. The molecule has 112 valence electrons. The highest BCUT2D eigenvalue weighted by molar-refractivity contribution is 5.85. The lowest BCUT2D eigenvalue weighted by Crippen LogP contribution is -2.21. The largest absolute Gasteiger partial charge is 0.446 e. The molecule has 1 aromatic carbocycles. The molecule has 20 heavy (non-hydrogen) atoms. The molecule has 0 spiro atoms. The molecule has 0 unspecified atom stereocenters. The summed E-state index contributed by atoms with van der Waals surface area (Å²) >= 11 is 0. The number of hydrogen-bond donors (Lipinski definition) is 0. The van der Waals surface area contributed by atoms with E-state index in [4.69, 9.17) is 4.79 Å². The summed E-state index contributed by atoms with van der Waals surface area (Å²) in [7, 11) is 0. The fraction of sp³-hybridized carbons (Fsp3) is 0.429.